The van der Waals surface area contributed by atoms with Crippen LogP contribution in [0, 0.1) is 0 Å². The van der Waals surface area contributed by atoms with Crippen LogP contribution in [0.4, 0.5) is 0 Å². The van der Waals surface area contributed by atoms with Crippen LogP contribution in [0.1, 0.15) is 12.0 Å². The smallest absolute Gasteiger partial charge is 0.278 e. The zero-order valence-corrected chi connectivity index (χ0v) is 13.7. The Morgan fingerprint density at radius 1 is 1.16 bits per heavy atom. The van der Waals surface area contributed by atoms with E-state index in [1.807, 2.05) is 54.6 Å². The number of ether oxygens (including phenoxy) is 1. The number of carboxylic acids is 1. The summed E-state index contributed by atoms with van der Waals surface area (Å²) >= 11 is 0. The van der Waals surface area contributed by atoms with Crippen LogP contribution in [0.2, 0.25) is 0 Å². The predicted molar refractivity (Wildman–Crippen MR) is 88.9 cm³/mol. The molecule has 6 heteroatoms. The number of aliphatic carboxylic acids is 1. The van der Waals surface area contributed by atoms with Gasteiger partial charge in [0.2, 0.25) is 0 Å². The van der Waals surface area contributed by atoms with E-state index in [-0.39, 0.29) is 12.3 Å². The SMILES string of the molecule is O=C([O-])C[C@H]1C(=O)NCC[NH+]1Cc1cccc(Oc2ccccc2)c1. The molecule has 1 aliphatic rings. The number of rotatable bonds is 6. The van der Waals surface area contributed by atoms with Crippen LogP contribution in [-0.2, 0) is 16.1 Å². The molecule has 25 heavy (non-hydrogen) atoms. The minimum absolute atomic E-state index is 0.234. The number of hydrogen-bond donors (Lipinski definition) is 2. The van der Waals surface area contributed by atoms with Crippen molar-refractivity contribution in [2.24, 2.45) is 0 Å². The zero-order chi connectivity index (χ0) is 17.6. The first-order valence-corrected chi connectivity index (χ1v) is 8.26. The Morgan fingerprint density at radius 3 is 2.68 bits per heavy atom. The Labute approximate surface area is 146 Å². The molecule has 1 fully saturated rings. The molecule has 0 saturated carbocycles. The molecule has 1 saturated heterocycles. The fourth-order valence-electron chi connectivity index (χ4n) is 3.05. The van der Waals surface area contributed by atoms with Gasteiger partial charge >= 0.3 is 0 Å². The van der Waals surface area contributed by atoms with Crippen molar-refractivity contribution in [2.75, 3.05) is 13.1 Å². The number of hydrogen-bond acceptors (Lipinski definition) is 4. The number of benzene rings is 2. The second-order valence-corrected chi connectivity index (χ2v) is 6.07. The average molecular weight is 340 g/mol. The standard InChI is InChI=1S/C19H20N2O4/c22-18(23)12-17-19(24)20-9-10-21(17)13-14-5-4-8-16(11-14)25-15-6-2-1-3-7-15/h1-8,11,17H,9-10,12-13H2,(H,20,24)(H,22,23)/t17-/m0/s1. The number of piperazine rings is 1. The van der Waals surface area contributed by atoms with E-state index in [1.165, 1.54) is 0 Å². The lowest BCUT2D eigenvalue weighted by atomic mass is 10.1. The van der Waals surface area contributed by atoms with E-state index in [9.17, 15) is 14.7 Å². The van der Waals surface area contributed by atoms with Crippen LogP contribution >= 0.6 is 0 Å². The highest BCUT2D eigenvalue weighted by molar-refractivity contribution is 5.84. The first kappa shape index (κ1) is 17.0. The van der Waals surface area contributed by atoms with Gasteiger partial charge in [0.05, 0.1) is 13.1 Å². The molecule has 2 N–H and O–H groups in total. The molecule has 0 aromatic heterocycles. The van der Waals surface area contributed by atoms with Crippen molar-refractivity contribution in [2.45, 2.75) is 19.0 Å². The van der Waals surface area contributed by atoms with E-state index in [0.29, 0.717) is 25.4 Å². The maximum absolute atomic E-state index is 12.0. The molecule has 2 atom stereocenters. The van der Waals surface area contributed by atoms with Gasteiger partial charge in [0.15, 0.2) is 6.04 Å². The van der Waals surface area contributed by atoms with Crippen LogP contribution < -0.4 is 20.1 Å². The third-order valence-corrected chi connectivity index (χ3v) is 4.23. The van der Waals surface area contributed by atoms with E-state index in [4.69, 9.17) is 4.74 Å². The van der Waals surface area contributed by atoms with Crippen molar-refractivity contribution < 1.29 is 24.3 Å². The van der Waals surface area contributed by atoms with Crippen LogP contribution in [0.15, 0.2) is 54.6 Å². The summed E-state index contributed by atoms with van der Waals surface area (Å²) < 4.78 is 5.83. The Hall–Kier alpha value is -2.86. The summed E-state index contributed by atoms with van der Waals surface area (Å²) in [6, 6.07) is 16.5. The molecule has 1 amide bonds. The van der Waals surface area contributed by atoms with Gasteiger partial charge < -0.3 is 24.9 Å². The van der Waals surface area contributed by atoms with Crippen molar-refractivity contribution in [1.82, 2.24) is 5.32 Å². The van der Waals surface area contributed by atoms with E-state index < -0.39 is 12.0 Å². The fourth-order valence-corrected chi connectivity index (χ4v) is 3.05. The first-order valence-electron chi connectivity index (χ1n) is 8.26. The number of carbonyl (C=O) groups is 2. The summed E-state index contributed by atoms with van der Waals surface area (Å²) in [6.07, 6.45) is -0.276. The lowest BCUT2D eigenvalue weighted by Gasteiger charge is -2.32. The highest BCUT2D eigenvalue weighted by atomic mass is 16.5. The molecule has 2 aromatic carbocycles. The van der Waals surface area contributed by atoms with Gasteiger partial charge in [-0.3, -0.25) is 4.79 Å². The van der Waals surface area contributed by atoms with Crippen LogP contribution in [-0.4, -0.2) is 31.0 Å². The number of nitrogens with one attached hydrogen (secondary N) is 2. The average Bonchev–Trinajstić information content (AvgIpc) is 2.59. The monoisotopic (exact) mass is 340 g/mol. The van der Waals surface area contributed by atoms with Crippen LogP contribution in [0.3, 0.4) is 0 Å². The van der Waals surface area contributed by atoms with Gasteiger partial charge in [-0.1, -0.05) is 30.3 Å². The second kappa shape index (κ2) is 7.81. The van der Waals surface area contributed by atoms with Crippen molar-refractivity contribution in [3.63, 3.8) is 0 Å². The summed E-state index contributed by atoms with van der Waals surface area (Å²) in [5.41, 5.74) is 0.987. The number of carbonyl (C=O) groups excluding carboxylic acids is 2. The summed E-state index contributed by atoms with van der Waals surface area (Å²) in [4.78, 5) is 23.9. The second-order valence-electron chi connectivity index (χ2n) is 6.07. The van der Waals surface area contributed by atoms with Gasteiger partial charge in [0.25, 0.3) is 5.91 Å². The van der Waals surface area contributed by atoms with Gasteiger partial charge in [-0.2, -0.15) is 0 Å². The van der Waals surface area contributed by atoms with Gasteiger partial charge in [0.1, 0.15) is 18.0 Å². The maximum Gasteiger partial charge on any atom is 0.278 e. The van der Waals surface area contributed by atoms with Crippen molar-refractivity contribution in [1.29, 1.82) is 0 Å². The lowest BCUT2D eigenvalue weighted by Crippen LogP contribution is -3.18. The Morgan fingerprint density at radius 2 is 1.92 bits per heavy atom. The third-order valence-electron chi connectivity index (χ3n) is 4.23. The summed E-state index contributed by atoms with van der Waals surface area (Å²) in [5.74, 6) is 0.0167. The van der Waals surface area contributed by atoms with Gasteiger partial charge in [-0.05, 0) is 24.3 Å². The predicted octanol–water partition coefficient (Wildman–Crippen LogP) is -0.498. The molecule has 0 aliphatic carbocycles. The Kier molecular flexibility index (Phi) is 5.30. The van der Waals surface area contributed by atoms with Crippen LogP contribution in [0.25, 0.3) is 0 Å². The molecule has 3 rings (SSSR count). The first-order chi connectivity index (χ1) is 12.1. The van der Waals surface area contributed by atoms with E-state index in [1.54, 1.807) is 0 Å². The largest absolute Gasteiger partial charge is 0.550 e. The lowest BCUT2D eigenvalue weighted by molar-refractivity contribution is -0.930. The molecule has 6 nitrogen and oxygen atoms in total. The summed E-state index contributed by atoms with van der Waals surface area (Å²) in [7, 11) is 0. The van der Waals surface area contributed by atoms with Crippen molar-refractivity contribution in [3.05, 3.63) is 60.2 Å². The number of para-hydroxylation sites is 1. The van der Waals surface area contributed by atoms with Gasteiger partial charge in [-0.25, -0.2) is 0 Å². The Bertz CT molecular complexity index is 748. The molecule has 2 aromatic rings. The van der Waals surface area contributed by atoms with Gasteiger partial charge in [-0.15, -0.1) is 0 Å². The Balaban J connectivity index is 1.72. The minimum atomic E-state index is -1.21. The molecule has 0 bridgehead atoms. The molecule has 1 aliphatic heterocycles. The van der Waals surface area contributed by atoms with Crippen LogP contribution in [0.5, 0.6) is 11.5 Å². The fraction of sp³-hybridized carbons (Fsp3) is 0.263. The quantitative estimate of drug-likeness (QED) is 0.743. The topological polar surface area (TPSA) is 82.9 Å². The zero-order valence-electron chi connectivity index (χ0n) is 13.7. The van der Waals surface area contributed by atoms with Crippen molar-refractivity contribution >= 4 is 11.9 Å². The molecular weight excluding hydrogens is 320 g/mol. The van der Waals surface area contributed by atoms with E-state index in [0.717, 1.165) is 16.2 Å². The number of quaternary nitrogens is 1. The van der Waals surface area contributed by atoms with Gasteiger partial charge in [0, 0.05) is 18.0 Å². The van der Waals surface area contributed by atoms with E-state index in [2.05, 4.69) is 5.32 Å². The van der Waals surface area contributed by atoms with Crippen molar-refractivity contribution in [3.8, 4) is 11.5 Å². The normalized spacial score (nSPS) is 19.9. The molecule has 0 radical (unpaired) electrons. The highest BCUT2D eigenvalue weighted by Gasteiger charge is 2.33. The molecule has 130 valence electrons. The molecular formula is C19H20N2O4. The summed E-state index contributed by atoms with van der Waals surface area (Å²) in [6.45, 7) is 1.77. The van der Waals surface area contributed by atoms with E-state index >= 15 is 0 Å². The third kappa shape index (κ3) is 4.58. The molecule has 1 unspecified atom stereocenters. The number of carboxylic acid groups (broad SMARTS) is 1. The minimum Gasteiger partial charge on any atom is -0.550 e. The molecule has 1 heterocycles. The number of amides is 1. The highest BCUT2D eigenvalue weighted by Crippen LogP contribution is 2.21. The molecule has 0 spiro atoms. The summed E-state index contributed by atoms with van der Waals surface area (Å²) in [5, 5.41) is 13.7. The maximum atomic E-state index is 12.0.